The minimum Gasteiger partial charge on any atom is -0.292 e. The van der Waals surface area contributed by atoms with Crippen LogP contribution in [0.4, 0.5) is 0 Å². The second-order valence-electron chi connectivity index (χ2n) is 7.54. The molecule has 0 spiro atoms. The summed E-state index contributed by atoms with van der Waals surface area (Å²) in [5.41, 5.74) is 1.56. The molecule has 1 fully saturated rings. The normalized spacial score (nSPS) is 15.9. The fourth-order valence-corrected chi connectivity index (χ4v) is 6.25. The van der Waals surface area contributed by atoms with Gasteiger partial charge >= 0.3 is 0 Å². The fraction of sp³-hybridized carbons (Fsp3) is 0.318. The molecule has 9 nitrogen and oxygen atoms in total. The van der Waals surface area contributed by atoms with E-state index in [1.165, 1.54) is 23.9 Å². The molecule has 1 aliphatic rings. The summed E-state index contributed by atoms with van der Waals surface area (Å²) < 4.78 is 51.0. The van der Waals surface area contributed by atoms with Gasteiger partial charge < -0.3 is 0 Å². The molecule has 3 rings (SSSR count). The summed E-state index contributed by atoms with van der Waals surface area (Å²) in [5, 5.41) is 9.23. The van der Waals surface area contributed by atoms with Gasteiger partial charge in [0.1, 0.15) is 0 Å². The number of likely N-dealkylation sites (tertiary alicyclic amines) is 1. The molecule has 2 aromatic rings. The zero-order valence-electron chi connectivity index (χ0n) is 18.4. The topological polar surface area (TPSA) is 141 Å². The van der Waals surface area contributed by atoms with E-state index in [0.29, 0.717) is 25.9 Å². The number of terminal acetylenes is 1. The highest BCUT2D eigenvalue weighted by Gasteiger charge is 2.52. The van der Waals surface area contributed by atoms with Crippen LogP contribution in [0.1, 0.15) is 12.8 Å². The molecule has 0 atom stereocenters. The van der Waals surface area contributed by atoms with Gasteiger partial charge in [-0.1, -0.05) is 35.9 Å². The molecule has 0 unspecified atom stereocenters. The van der Waals surface area contributed by atoms with Crippen molar-refractivity contribution >= 4 is 37.6 Å². The van der Waals surface area contributed by atoms with E-state index in [0.717, 1.165) is 9.79 Å². The smallest absolute Gasteiger partial charge is 0.265 e. The van der Waals surface area contributed by atoms with Crippen LogP contribution in [0.25, 0.3) is 0 Å². The first kappa shape index (κ1) is 27.8. The Bertz CT molecular complexity index is 1210. The first-order valence-corrected chi connectivity index (χ1v) is 14.2. The third-order valence-corrected chi connectivity index (χ3v) is 8.65. The number of hydrogen-bond acceptors (Lipinski definition) is 8. The van der Waals surface area contributed by atoms with Gasteiger partial charge in [0.05, 0.1) is 17.7 Å². The number of carbonyl (C=O) groups is 1. The molecule has 0 saturated carbocycles. The summed E-state index contributed by atoms with van der Waals surface area (Å²) in [6, 6.07) is 16.2. The lowest BCUT2D eigenvalue weighted by atomic mass is 9.95. The summed E-state index contributed by atoms with van der Waals surface area (Å²) in [6.07, 6.45) is 6.16. The Balaban J connectivity index is 0.000000739. The molecule has 1 amide bonds. The van der Waals surface area contributed by atoms with Crippen LogP contribution in [0.5, 0.6) is 0 Å². The minimum absolute atomic E-state index is 0.0592. The molecule has 1 heterocycles. The standard InChI is InChI=1S/C21H22N2O4S2.CH4O3S/c1-2-14-23-15-12-21(13-16-23,20(24)22-25)29(26,27)19-10-8-18(9-11-19)28-17-6-4-3-5-7-17;1-5(2,3)4/h1,3-11,25H,12-16H2,(H,22,24);1H3,(H,2,3,4). The number of hydrogen-bond donors (Lipinski definition) is 3. The highest BCUT2D eigenvalue weighted by molar-refractivity contribution is 7.99. The summed E-state index contributed by atoms with van der Waals surface area (Å²) in [6.45, 7) is 1.11. The first-order chi connectivity index (χ1) is 15.9. The predicted molar refractivity (Wildman–Crippen MR) is 129 cm³/mol. The van der Waals surface area contributed by atoms with Crippen molar-refractivity contribution < 1.29 is 31.4 Å². The average Bonchev–Trinajstić information content (AvgIpc) is 2.79. The molecule has 2 aromatic carbocycles. The lowest BCUT2D eigenvalue weighted by Gasteiger charge is -2.38. The number of benzene rings is 2. The van der Waals surface area contributed by atoms with E-state index in [1.54, 1.807) is 17.6 Å². The number of piperidine rings is 1. The van der Waals surface area contributed by atoms with Crippen LogP contribution in [0.2, 0.25) is 0 Å². The van der Waals surface area contributed by atoms with Gasteiger partial charge in [0.15, 0.2) is 14.6 Å². The second kappa shape index (κ2) is 11.8. The number of amides is 1. The van der Waals surface area contributed by atoms with Gasteiger partial charge in [-0.3, -0.25) is 19.5 Å². The van der Waals surface area contributed by atoms with Crippen molar-refractivity contribution in [3.63, 3.8) is 0 Å². The molecule has 0 aromatic heterocycles. The Morgan fingerprint density at radius 3 is 2.03 bits per heavy atom. The number of rotatable bonds is 6. The van der Waals surface area contributed by atoms with Crippen LogP contribution in [0, 0.1) is 12.3 Å². The van der Waals surface area contributed by atoms with Gasteiger partial charge in [0, 0.05) is 22.9 Å². The van der Waals surface area contributed by atoms with E-state index >= 15 is 0 Å². The predicted octanol–water partition coefficient (Wildman–Crippen LogP) is 2.09. The van der Waals surface area contributed by atoms with E-state index < -0.39 is 30.6 Å². The summed E-state index contributed by atoms with van der Waals surface area (Å²) >= 11 is 1.52. The lowest BCUT2D eigenvalue weighted by molar-refractivity contribution is -0.133. The van der Waals surface area contributed by atoms with Gasteiger partial charge in [-0.25, -0.2) is 13.9 Å². The molecule has 0 radical (unpaired) electrons. The van der Waals surface area contributed by atoms with E-state index in [9.17, 15) is 26.8 Å². The summed E-state index contributed by atoms with van der Waals surface area (Å²) in [5.74, 6) is 1.63. The van der Waals surface area contributed by atoms with E-state index in [-0.39, 0.29) is 17.7 Å². The van der Waals surface area contributed by atoms with Crippen molar-refractivity contribution in [1.29, 1.82) is 0 Å². The number of hydroxylamine groups is 1. The van der Waals surface area contributed by atoms with Gasteiger partial charge in [-0.15, -0.1) is 6.42 Å². The Morgan fingerprint density at radius 2 is 1.56 bits per heavy atom. The van der Waals surface area contributed by atoms with E-state index in [1.807, 2.05) is 35.2 Å². The van der Waals surface area contributed by atoms with Gasteiger partial charge in [0.25, 0.3) is 16.0 Å². The average molecular weight is 527 g/mol. The quantitative estimate of drug-likeness (QED) is 0.223. The number of nitrogens with one attached hydrogen (secondary N) is 1. The lowest BCUT2D eigenvalue weighted by Crippen LogP contribution is -2.57. The Labute approximate surface area is 204 Å². The van der Waals surface area contributed by atoms with Crippen molar-refractivity contribution in [2.75, 3.05) is 25.9 Å². The monoisotopic (exact) mass is 526 g/mol. The highest BCUT2D eigenvalue weighted by atomic mass is 32.2. The molecule has 34 heavy (non-hydrogen) atoms. The maximum atomic E-state index is 13.4. The van der Waals surface area contributed by atoms with E-state index in [2.05, 4.69) is 5.92 Å². The van der Waals surface area contributed by atoms with Crippen LogP contribution in [0.15, 0.2) is 69.3 Å². The molecular weight excluding hydrogens is 500 g/mol. The molecule has 3 N–H and O–H groups in total. The van der Waals surface area contributed by atoms with Gasteiger partial charge in [-0.2, -0.15) is 8.42 Å². The highest BCUT2D eigenvalue weighted by Crippen LogP contribution is 2.37. The molecule has 12 heteroatoms. The molecule has 1 aliphatic heterocycles. The minimum atomic E-state index is -4.02. The van der Waals surface area contributed by atoms with Crippen molar-refractivity contribution in [1.82, 2.24) is 10.4 Å². The van der Waals surface area contributed by atoms with Crippen molar-refractivity contribution in [2.45, 2.75) is 32.3 Å². The number of sulfone groups is 1. The summed E-state index contributed by atoms with van der Waals surface area (Å²) in [7, 11) is -7.69. The third-order valence-electron chi connectivity index (χ3n) is 5.12. The van der Waals surface area contributed by atoms with Crippen LogP contribution < -0.4 is 5.48 Å². The molecule has 0 bridgehead atoms. The first-order valence-electron chi connectivity index (χ1n) is 10.0. The Hall–Kier alpha value is -2.40. The van der Waals surface area contributed by atoms with Crippen LogP contribution in [0.3, 0.4) is 0 Å². The summed E-state index contributed by atoms with van der Waals surface area (Å²) in [4.78, 5) is 16.4. The maximum Gasteiger partial charge on any atom is 0.265 e. The molecule has 1 saturated heterocycles. The van der Waals surface area contributed by atoms with Crippen molar-refractivity contribution in [3.05, 3.63) is 54.6 Å². The van der Waals surface area contributed by atoms with Gasteiger partial charge in [-0.05, 0) is 49.2 Å². The zero-order valence-corrected chi connectivity index (χ0v) is 20.9. The fourth-order valence-electron chi connectivity index (χ4n) is 3.46. The Kier molecular flexibility index (Phi) is 9.69. The maximum absolute atomic E-state index is 13.4. The van der Waals surface area contributed by atoms with Gasteiger partial charge in [0.2, 0.25) is 0 Å². The zero-order chi connectivity index (χ0) is 25.4. The van der Waals surface area contributed by atoms with Crippen molar-refractivity contribution in [3.8, 4) is 12.3 Å². The Morgan fingerprint density at radius 1 is 1.06 bits per heavy atom. The molecule has 0 aliphatic carbocycles. The number of nitrogens with zero attached hydrogens (tertiary/aromatic N) is 1. The largest absolute Gasteiger partial charge is 0.292 e. The van der Waals surface area contributed by atoms with Crippen LogP contribution >= 0.6 is 11.8 Å². The number of carbonyl (C=O) groups excluding carboxylic acids is 1. The van der Waals surface area contributed by atoms with Crippen LogP contribution in [-0.2, 0) is 24.7 Å². The van der Waals surface area contributed by atoms with Crippen molar-refractivity contribution in [2.24, 2.45) is 0 Å². The van der Waals surface area contributed by atoms with Crippen LogP contribution in [-0.4, -0.2) is 68.0 Å². The second-order valence-corrected chi connectivity index (χ2v) is 12.4. The molecule has 184 valence electrons. The SMILES string of the molecule is C#CCN1CCC(C(=O)NO)(S(=O)(=O)c2ccc(Sc3ccccc3)cc2)CC1.CS(=O)(=O)O. The molecular formula is C22H26N2O7S3. The van der Waals surface area contributed by atoms with E-state index in [4.69, 9.17) is 11.0 Å². The third kappa shape index (κ3) is 7.30.